The second kappa shape index (κ2) is 11.0. The number of para-hydroxylation sites is 1. The molecule has 0 aliphatic rings. The first kappa shape index (κ1) is 19.6. The molecule has 2 aromatic rings. The van der Waals surface area contributed by atoms with Gasteiger partial charge in [-0.3, -0.25) is 4.79 Å². The molecule has 2 aromatic carbocycles. The third-order valence-electron chi connectivity index (χ3n) is 3.68. The molecule has 0 fully saturated rings. The predicted octanol–water partition coefficient (Wildman–Crippen LogP) is 5.31. The lowest BCUT2D eigenvalue weighted by molar-refractivity contribution is -0.111. The molecule has 26 heavy (non-hydrogen) atoms. The van der Waals surface area contributed by atoms with E-state index in [2.05, 4.69) is 19.2 Å². The summed E-state index contributed by atoms with van der Waals surface area (Å²) in [5.41, 5.74) is 1.62. The van der Waals surface area contributed by atoms with Gasteiger partial charge in [0, 0.05) is 17.3 Å². The van der Waals surface area contributed by atoms with Crippen LogP contribution in [0.1, 0.15) is 38.7 Å². The van der Waals surface area contributed by atoms with Crippen molar-refractivity contribution < 1.29 is 14.3 Å². The molecule has 4 nitrogen and oxygen atoms in total. The Balaban J connectivity index is 1.91. The molecule has 0 aromatic heterocycles. The van der Waals surface area contributed by atoms with E-state index in [1.165, 1.54) is 6.08 Å². The molecule has 0 unspecified atom stereocenters. The first-order valence-electron chi connectivity index (χ1n) is 9.16. The molecule has 0 aliphatic carbocycles. The number of unbranched alkanes of at least 4 members (excludes halogenated alkanes) is 1. The SMILES string of the molecule is CCCCOc1ccc(NC(=O)C=Cc2ccccc2OCCC)cc1. The van der Waals surface area contributed by atoms with Crippen LogP contribution < -0.4 is 14.8 Å². The predicted molar refractivity (Wildman–Crippen MR) is 107 cm³/mol. The molecule has 0 heterocycles. The number of hydrogen-bond donors (Lipinski definition) is 1. The standard InChI is InChI=1S/C22H27NO3/c1-3-5-17-25-20-13-11-19(12-14-20)23-22(24)15-10-18-8-6-7-9-21(18)26-16-4-2/h6-15H,3-5,16-17H2,1-2H3,(H,23,24). The maximum absolute atomic E-state index is 12.1. The summed E-state index contributed by atoms with van der Waals surface area (Å²) in [4.78, 5) is 12.1. The van der Waals surface area contributed by atoms with Crippen LogP contribution >= 0.6 is 0 Å². The minimum Gasteiger partial charge on any atom is -0.494 e. The van der Waals surface area contributed by atoms with E-state index in [1.54, 1.807) is 6.08 Å². The number of carbonyl (C=O) groups excluding carboxylic acids is 1. The van der Waals surface area contributed by atoms with Gasteiger partial charge in [-0.2, -0.15) is 0 Å². The van der Waals surface area contributed by atoms with Crippen LogP contribution in [-0.4, -0.2) is 19.1 Å². The average molecular weight is 353 g/mol. The number of ether oxygens (including phenoxy) is 2. The first-order chi connectivity index (χ1) is 12.7. The Morgan fingerprint density at radius 2 is 1.73 bits per heavy atom. The molecule has 0 bridgehead atoms. The summed E-state index contributed by atoms with van der Waals surface area (Å²) >= 11 is 0. The zero-order valence-electron chi connectivity index (χ0n) is 15.5. The van der Waals surface area contributed by atoms with Gasteiger partial charge < -0.3 is 14.8 Å². The van der Waals surface area contributed by atoms with Gasteiger partial charge in [0.1, 0.15) is 11.5 Å². The molecule has 138 valence electrons. The zero-order valence-corrected chi connectivity index (χ0v) is 15.5. The van der Waals surface area contributed by atoms with Gasteiger partial charge >= 0.3 is 0 Å². The molecule has 1 amide bonds. The summed E-state index contributed by atoms with van der Waals surface area (Å²) in [6.45, 7) is 5.56. The van der Waals surface area contributed by atoms with Gasteiger partial charge in [0.2, 0.25) is 5.91 Å². The molecule has 0 saturated carbocycles. The lowest BCUT2D eigenvalue weighted by Gasteiger charge is -2.08. The molecule has 0 aliphatic heterocycles. The van der Waals surface area contributed by atoms with Crippen LogP contribution in [0.4, 0.5) is 5.69 Å². The molecular formula is C22H27NO3. The van der Waals surface area contributed by atoms with Crippen LogP contribution in [0.25, 0.3) is 6.08 Å². The largest absolute Gasteiger partial charge is 0.494 e. The molecule has 0 saturated heterocycles. The van der Waals surface area contributed by atoms with E-state index >= 15 is 0 Å². The lowest BCUT2D eigenvalue weighted by Crippen LogP contribution is -2.07. The molecule has 0 spiro atoms. The molecule has 1 N–H and O–H groups in total. The summed E-state index contributed by atoms with van der Waals surface area (Å²) in [6, 6.07) is 15.1. The van der Waals surface area contributed by atoms with Crippen molar-refractivity contribution in [3.05, 3.63) is 60.2 Å². The Morgan fingerprint density at radius 1 is 0.962 bits per heavy atom. The third kappa shape index (κ3) is 6.63. The van der Waals surface area contributed by atoms with Crippen molar-refractivity contribution in [3.63, 3.8) is 0 Å². The van der Waals surface area contributed by atoms with Gasteiger partial charge in [-0.1, -0.05) is 38.5 Å². The number of nitrogens with one attached hydrogen (secondary N) is 1. The Hall–Kier alpha value is -2.75. The minimum atomic E-state index is -0.185. The van der Waals surface area contributed by atoms with Crippen LogP contribution in [0, 0.1) is 0 Å². The van der Waals surface area contributed by atoms with Crippen molar-refractivity contribution in [2.24, 2.45) is 0 Å². The fraction of sp³-hybridized carbons (Fsp3) is 0.318. The fourth-order valence-corrected chi connectivity index (χ4v) is 2.28. The average Bonchev–Trinajstić information content (AvgIpc) is 2.67. The highest BCUT2D eigenvalue weighted by atomic mass is 16.5. The van der Waals surface area contributed by atoms with E-state index < -0.39 is 0 Å². The summed E-state index contributed by atoms with van der Waals surface area (Å²) in [5.74, 6) is 1.41. The highest BCUT2D eigenvalue weighted by molar-refractivity contribution is 6.02. The van der Waals surface area contributed by atoms with Gasteiger partial charge in [0.25, 0.3) is 0 Å². The Labute approximate surface area is 155 Å². The topological polar surface area (TPSA) is 47.6 Å². The smallest absolute Gasteiger partial charge is 0.248 e. The van der Waals surface area contributed by atoms with Crippen molar-refractivity contribution >= 4 is 17.7 Å². The van der Waals surface area contributed by atoms with E-state index in [4.69, 9.17) is 9.47 Å². The number of amides is 1. The quantitative estimate of drug-likeness (QED) is 0.465. The Bertz CT molecular complexity index is 708. The van der Waals surface area contributed by atoms with E-state index in [9.17, 15) is 4.79 Å². The first-order valence-corrected chi connectivity index (χ1v) is 9.16. The maximum Gasteiger partial charge on any atom is 0.248 e. The molecular weight excluding hydrogens is 326 g/mol. The normalized spacial score (nSPS) is 10.7. The van der Waals surface area contributed by atoms with Gasteiger partial charge in [-0.25, -0.2) is 0 Å². The molecule has 0 atom stereocenters. The highest BCUT2D eigenvalue weighted by Gasteiger charge is 2.02. The highest BCUT2D eigenvalue weighted by Crippen LogP contribution is 2.20. The number of hydrogen-bond acceptors (Lipinski definition) is 3. The van der Waals surface area contributed by atoms with Crippen molar-refractivity contribution in [1.82, 2.24) is 0 Å². The Kier molecular flexibility index (Phi) is 8.27. The second-order valence-corrected chi connectivity index (χ2v) is 5.94. The van der Waals surface area contributed by atoms with Crippen molar-refractivity contribution in [3.8, 4) is 11.5 Å². The zero-order chi connectivity index (χ0) is 18.6. The van der Waals surface area contributed by atoms with Crippen molar-refractivity contribution in [1.29, 1.82) is 0 Å². The van der Waals surface area contributed by atoms with Gasteiger partial charge in [0.05, 0.1) is 13.2 Å². The second-order valence-electron chi connectivity index (χ2n) is 5.94. The lowest BCUT2D eigenvalue weighted by atomic mass is 10.2. The minimum absolute atomic E-state index is 0.185. The van der Waals surface area contributed by atoms with Crippen molar-refractivity contribution in [2.45, 2.75) is 33.1 Å². The summed E-state index contributed by atoms with van der Waals surface area (Å²) in [7, 11) is 0. The van der Waals surface area contributed by atoms with E-state index in [0.717, 1.165) is 42.0 Å². The van der Waals surface area contributed by atoms with E-state index in [0.29, 0.717) is 13.2 Å². The molecule has 0 radical (unpaired) electrons. The van der Waals surface area contributed by atoms with Crippen molar-refractivity contribution in [2.75, 3.05) is 18.5 Å². The van der Waals surface area contributed by atoms with Gasteiger partial charge in [-0.15, -0.1) is 0 Å². The summed E-state index contributed by atoms with van der Waals surface area (Å²) < 4.78 is 11.3. The third-order valence-corrected chi connectivity index (χ3v) is 3.68. The number of carbonyl (C=O) groups is 1. The molecule has 4 heteroatoms. The summed E-state index contributed by atoms with van der Waals surface area (Å²) in [6.07, 6.45) is 6.36. The van der Waals surface area contributed by atoms with Crippen LogP contribution in [0.15, 0.2) is 54.6 Å². The van der Waals surface area contributed by atoms with Crippen LogP contribution in [0.5, 0.6) is 11.5 Å². The Morgan fingerprint density at radius 3 is 2.46 bits per heavy atom. The van der Waals surface area contributed by atoms with Gasteiger partial charge in [-0.05, 0) is 49.2 Å². The van der Waals surface area contributed by atoms with E-state index in [-0.39, 0.29) is 5.91 Å². The fourth-order valence-electron chi connectivity index (χ4n) is 2.28. The van der Waals surface area contributed by atoms with Gasteiger partial charge in [0.15, 0.2) is 0 Å². The van der Waals surface area contributed by atoms with E-state index in [1.807, 2.05) is 48.5 Å². The van der Waals surface area contributed by atoms with Crippen LogP contribution in [-0.2, 0) is 4.79 Å². The van der Waals surface area contributed by atoms with Crippen LogP contribution in [0.2, 0.25) is 0 Å². The number of anilines is 1. The number of rotatable bonds is 10. The monoisotopic (exact) mass is 353 g/mol. The summed E-state index contributed by atoms with van der Waals surface area (Å²) in [5, 5.41) is 2.85. The maximum atomic E-state index is 12.1. The molecule has 2 rings (SSSR count). The van der Waals surface area contributed by atoms with Crippen LogP contribution in [0.3, 0.4) is 0 Å². The number of benzene rings is 2.